The van der Waals surface area contributed by atoms with Crippen LogP contribution in [0.15, 0.2) is 24.3 Å². The summed E-state index contributed by atoms with van der Waals surface area (Å²) >= 11 is 0. The smallest absolute Gasteiger partial charge is 0.293 e. The Kier molecular flexibility index (Phi) is 4.57. The van der Waals surface area contributed by atoms with Gasteiger partial charge in [-0.2, -0.15) is 0 Å². The van der Waals surface area contributed by atoms with Crippen LogP contribution in [0.1, 0.15) is 38.8 Å². The molecule has 0 heterocycles. The zero-order valence-corrected chi connectivity index (χ0v) is 16.2. The molecule has 0 radical (unpaired) electrons. The number of nitrogens with one attached hydrogen (secondary N) is 2. The van der Waals surface area contributed by atoms with Gasteiger partial charge in [-0.15, -0.1) is 0 Å². The van der Waals surface area contributed by atoms with E-state index in [0.717, 1.165) is 0 Å². The second kappa shape index (κ2) is 6.66. The molecule has 0 spiro atoms. The lowest BCUT2D eigenvalue weighted by molar-refractivity contribution is -0.384. The first-order valence-electron chi connectivity index (χ1n) is 8.65. The summed E-state index contributed by atoms with van der Waals surface area (Å²) in [5.74, 6) is -0.908. The number of nitro benzene ring substituents is 2. The number of hydrogen-bond donors (Lipinski definition) is 2. The molecule has 1 aliphatic rings. The summed E-state index contributed by atoms with van der Waals surface area (Å²) in [6.45, 7) is 6.23. The number of carbonyl (C=O) groups is 2. The number of carbonyl (C=O) groups excluding carboxylic acids is 2. The maximum absolute atomic E-state index is 11.5. The zero-order chi connectivity index (χ0) is 21.7. The Bertz CT molecular complexity index is 1020. The van der Waals surface area contributed by atoms with Crippen LogP contribution >= 0.6 is 0 Å². The lowest BCUT2D eigenvalue weighted by Crippen LogP contribution is -2.17. The van der Waals surface area contributed by atoms with Crippen LogP contribution < -0.4 is 10.6 Å². The maximum atomic E-state index is 11.5. The summed E-state index contributed by atoms with van der Waals surface area (Å²) in [5.41, 5.74) is 1.12. The highest BCUT2D eigenvalue weighted by Crippen LogP contribution is 2.53. The lowest BCUT2D eigenvalue weighted by Gasteiger charge is -2.22. The predicted molar refractivity (Wildman–Crippen MR) is 106 cm³/mol. The molecule has 10 nitrogen and oxygen atoms in total. The van der Waals surface area contributed by atoms with Crippen molar-refractivity contribution >= 4 is 34.6 Å². The van der Waals surface area contributed by atoms with Crippen LogP contribution in [0, 0.1) is 20.2 Å². The fourth-order valence-corrected chi connectivity index (χ4v) is 3.68. The zero-order valence-electron chi connectivity index (χ0n) is 16.2. The summed E-state index contributed by atoms with van der Waals surface area (Å²) in [4.78, 5) is 44.8. The van der Waals surface area contributed by atoms with E-state index in [2.05, 4.69) is 10.6 Å². The van der Waals surface area contributed by atoms with E-state index in [1.165, 1.54) is 38.1 Å². The molecule has 0 unspecified atom stereocenters. The maximum Gasteiger partial charge on any atom is 0.293 e. The molecule has 3 rings (SSSR count). The predicted octanol–water partition coefficient (Wildman–Crippen LogP) is 3.73. The number of benzene rings is 2. The average Bonchev–Trinajstić information content (AvgIpc) is 2.79. The third-order valence-corrected chi connectivity index (χ3v) is 4.92. The number of hydrogen-bond acceptors (Lipinski definition) is 6. The van der Waals surface area contributed by atoms with Crippen molar-refractivity contribution in [1.29, 1.82) is 0 Å². The summed E-state index contributed by atoms with van der Waals surface area (Å²) < 4.78 is 0. The Balaban J connectivity index is 2.32. The first-order valence-corrected chi connectivity index (χ1v) is 8.65. The standard InChI is InChI=1S/C19H18N4O6/c1-9(24)20-15-7-13-11(5-17(15)22(26)27)12-6-18(23(28)29)16(21-10(2)25)8-14(12)19(13,3)4/h5-8H,1-4H3,(H,20,24)(H,21,25). The van der Waals surface area contributed by atoms with Gasteiger partial charge in [0.1, 0.15) is 11.4 Å². The van der Waals surface area contributed by atoms with Gasteiger partial charge in [0.15, 0.2) is 0 Å². The summed E-state index contributed by atoms with van der Waals surface area (Å²) in [6, 6.07) is 5.68. The first kappa shape index (κ1) is 19.9. The van der Waals surface area contributed by atoms with Gasteiger partial charge in [0, 0.05) is 31.4 Å². The number of nitro groups is 2. The van der Waals surface area contributed by atoms with Gasteiger partial charge in [0.2, 0.25) is 11.8 Å². The molecule has 10 heteroatoms. The van der Waals surface area contributed by atoms with Crippen molar-refractivity contribution in [3.8, 4) is 11.1 Å². The number of nitrogens with zero attached hydrogens (tertiary/aromatic N) is 2. The average molecular weight is 398 g/mol. The van der Waals surface area contributed by atoms with E-state index in [9.17, 15) is 29.8 Å². The lowest BCUT2D eigenvalue weighted by atomic mass is 9.82. The Labute approximate surface area is 165 Å². The molecule has 0 aliphatic heterocycles. The number of amides is 2. The molecule has 150 valence electrons. The number of anilines is 2. The summed E-state index contributed by atoms with van der Waals surface area (Å²) in [7, 11) is 0. The van der Waals surface area contributed by atoms with Crippen molar-refractivity contribution in [2.24, 2.45) is 0 Å². The molecule has 2 aromatic carbocycles. The highest BCUT2D eigenvalue weighted by molar-refractivity contribution is 5.97. The van der Waals surface area contributed by atoms with Crippen LogP contribution in [-0.2, 0) is 15.0 Å². The fraction of sp³-hybridized carbons (Fsp3) is 0.263. The second-order valence-electron chi connectivity index (χ2n) is 7.33. The van der Waals surface area contributed by atoms with Gasteiger partial charge in [-0.1, -0.05) is 13.8 Å². The Morgan fingerprint density at radius 3 is 1.41 bits per heavy atom. The van der Waals surface area contributed by atoms with E-state index in [4.69, 9.17) is 0 Å². The van der Waals surface area contributed by atoms with Gasteiger partial charge >= 0.3 is 0 Å². The van der Waals surface area contributed by atoms with Crippen molar-refractivity contribution in [2.45, 2.75) is 33.1 Å². The highest BCUT2D eigenvalue weighted by atomic mass is 16.6. The van der Waals surface area contributed by atoms with Crippen molar-refractivity contribution in [1.82, 2.24) is 0 Å². The third-order valence-electron chi connectivity index (χ3n) is 4.92. The first-order chi connectivity index (χ1) is 13.4. The largest absolute Gasteiger partial charge is 0.321 e. The molecule has 2 N–H and O–H groups in total. The SMILES string of the molecule is CC(=O)Nc1cc2c(cc1[N+](=O)[O-])-c1cc([N+](=O)[O-])c(NC(C)=O)cc1C2(C)C. The molecule has 2 aromatic rings. The van der Waals surface area contributed by atoms with Crippen LogP contribution in [0.2, 0.25) is 0 Å². The minimum Gasteiger partial charge on any atom is -0.321 e. The molecule has 0 bridgehead atoms. The molecular formula is C19H18N4O6. The van der Waals surface area contributed by atoms with E-state index in [-0.39, 0.29) is 22.7 Å². The van der Waals surface area contributed by atoms with Crippen LogP contribution in [0.4, 0.5) is 22.7 Å². The van der Waals surface area contributed by atoms with Crippen LogP contribution in [-0.4, -0.2) is 21.7 Å². The highest BCUT2D eigenvalue weighted by Gasteiger charge is 2.40. The van der Waals surface area contributed by atoms with Gasteiger partial charge in [0.05, 0.1) is 9.85 Å². The van der Waals surface area contributed by atoms with Crippen LogP contribution in [0.25, 0.3) is 11.1 Å². The van der Waals surface area contributed by atoms with Crippen molar-refractivity contribution < 1.29 is 19.4 Å². The van der Waals surface area contributed by atoms with Gasteiger partial charge in [-0.25, -0.2) is 0 Å². The van der Waals surface area contributed by atoms with E-state index < -0.39 is 27.1 Å². The molecule has 0 aromatic heterocycles. The second-order valence-corrected chi connectivity index (χ2v) is 7.33. The van der Waals surface area contributed by atoms with Crippen LogP contribution in [0.5, 0.6) is 0 Å². The molecule has 2 amide bonds. The van der Waals surface area contributed by atoms with Gasteiger partial charge in [-0.05, 0) is 34.4 Å². The molecule has 1 aliphatic carbocycles. The summed E-state index contributed by atoms with van der Waals surface area (Å²) in [6.07, 6.45) is 0. The molecule has 0 fully saturated rings. The Morgan fingerprint density at radius 1 is 0.793 bits per heavy atom. The van der Waals surface area contributed by atoms with Crippen molar-refractivity contribution in [3.05, 3.63) is 55.6 Å². The third kappa shape index (κ3) is 3.28. The molecular weight excluding hydrogens is 380 g/mol. The Morgan fingerprint density at radius 2 is 1.14 bits per heavy atom. The van der Waals surface area contributed by atoms with Gasteiger partial charge in [0.25, 0.3) is 11.4 Å². The van der Waals surface area contributed by atoms with E-state index in [1.54, 1.807) is 0 Å². The molecule has 0 saturated carbocycles. The van der Waals surface area contributed by atoms with E-state index in [1.807, 2.05) is 13.8 Å². The summed E-state index contributed by atoms with van der Waals surface area (Å²) in [5, 5.41) is 28.0. The molecule has 0 atom stereocenters. The minimum atomic E-state index is -0.671. The van der Waals surface area contributed by atoms with Crippen molar-refractivity contribution in [2.75, 3.05) is 10.6 Å². The Hall–Kier alpha value is -3.82. The monoisotopic (exact) mass is 398 g/mol. The molecule has 29 heavy (non-hydrogen) atoms. The fourth-order valence-electron chi connectivity index (χ4n) is 3.68. The van der Waals surface area contributed by atoms with E-state index in [0.29, 0.717) is 22.3 Å². The normalized spacial score (nSPS) is 13.2. The van der Waals surface area contributed by atoms with Gasteiger partial charge in [-0.3, -0.25) is 29.8 Å². The topological polar surface area (TPSA) is 144 Å². The number of fused-ring (bicyclic) bond motifs is 3. The van der Waals surface area contributed by atoms with Crippen molar-refractivity contribution in [3.63, 3.8) is 0 Å². The van der Waals surface area contributed by atoms with E-state index >= 15 is 0 Å². The van der Waals surface area contributed by atoms with Crippen LogP contribution in [0.3, 0.4) is 0 Å². The quantitative estimate of drug-likeness (QED) is 0.593. The number of rotatable bonds is 4. The minimum absolute atomic E-state index is 0.0544. The van der Waals surface area contributed by atoms with Gasteiger partial charge < -0.3 is 10.6 Å². The molecule has 0 saturated heterocycles.